The molecule has 1 amide bonds. The molecule has 0 spiro atoms. The van der Waals surface area contributed by atoms with Crippen molar-refractivity contribution in [3.8, 4) is 11.5 Å². The fourth-order valence-electron chi connectivity index (χ4n) is 1.95. The zero-order chi connectivity index (χ0) is 17.1. The Morgan fingerprint density at radius 2 is 2.04 bits per heavy atom. The van der Waals surface area contributed by atoms with Crippen LogP contribution in [0.25, 0.3) is 0 Å². The quantitative estimate of drug-likeness (QED) is 0.536. The van der Waals surface area contributed by atoms with E-state index in [-0.39, 0.29) is 6.61 Å². The molecule has 1 aromatic rings. The molecule has 0 aliphatic rings. The van der Waals surface area contributed by atoms with Crippen LogP contribution >= 0.6 is 15.9 Å². The summed E-state index contributed by atoms with van der Waals surface area (Å²) in [6.07, 6.45) is 0.965. The number of nitrogens with one attached hydrogen (secondary N) is 1. The molecule has 0 radical (unpaired) electrons. The minimum Gasteiger partial charge on any atom is -0.490 e. The Hall–Kier alpha value is -1.31. The summed E-state index contributed by atoms with van der Waals surface area (Å²) in [5.74, 6) is 0.555. The van der Waals surface area contributed by atoms with Gasteiger partial charge in [0.05, 0.1) is 11.1 Å². The molecule has 0 bridgehead atoms. The van der Waals surface area contributed by atoms with Gasteiger partial charge in [0.2, 0.25) is 0 Å². The lowest BCUT2D eigenvalue weighted by Gasteiger charge is -2.15. The molecule has 0 atom stereocenters. The summed E-state index contributed by atoms with van der Waals surface area (Å²) in [5, 5.41) is 3.36. The van der Waals surface area contributed by atoms with E-state index in [0.29, 0.717) is 24.7 Å². The number of hydrogen-bond donors (Lipinski definition) is 2. The molecule has 0 aliphatic carbocycles. The van der Waals surface area contributed by atoms with Gasteiger partial charge in [0.15, 0.2) is 18.1 Å². The van der Waals surface area contributed by atoms with E-state index < -0.39 is 5.91 Å². The molecule has 7 heteroatoms. The third-order valence-electron chi connectivity index (χ3n) is 2.90. The summed E-state index contributed by atoms with van der Waals surface area (Å²) in [6, 6.07) is 3.84. The second-order valence-corrected chi connectivity index (χ2v) is 5.67. The normalized spacial score (nSPS) is 10.6. The Kier molecular flexibility index (Phi) is 9.66. The maximum absolute atomic E-state index is 10.9. The first-order valence-electron chi connectivity index (χ1n) is 7.73. The summed E-state index contributed by atoms with van der Waals surface area (Å²) in [6.45, 7) is 7.29. The number of primary amides is 1. The molecule has 130 valence electrons. The SMILES string of the molecule is CCOCCCNCc1cc(Br)c(OCC(N)=O)c(OCC)c1. The molecule has 23 heavy (non-hydrogen) atoms. The van der Waals surface area contributed by atoms with Crippen molar-refractivity contribution in [1.29, 1.82) is 0 Å². The van der Waals surface area contributed by atoms with Crippen molar-refractivity contribution in [2.45, 2.75) is 26.8 Å². The zero-order valence-electron chi connectivity index (χ0n) is 13.7. The Labute approximate surface area is 145 Å². The second kappa shape index (κ2) is 11.3. The highest BCUT2D eigenvalue weighted by Crippen LogP contribution is 2.36. The van der Waals surface area contributed by atoms with Crippen LogP contribution < -0.4 is 20.5 Å². The lowest BCUT2D eigenvalue weighted by atomic mass is 10.2. The van der Waals surface area contributed by atoms with Gasteiger partial charge >= 0.3 is 0 Å². The van der Waals surface area contributed by atoms with Crippen molar-refractivity contribution in [3.63, 3.8) is 0 Å². The van der Waals surface area contributed by atoms with E-state index in [2.05, 4.69) is 21.2 Å². The van der Waals surface area contributed by atoms with Gasteiger partial charge < -0.3 is 25.3 Å². The van der Waals surface area contributed by atoms with Crippen molar-refractivity contribution in [1.82, 2.24) is 5.32 Å². The van der Waals surface area contributed by atoms with Crippen LogP contribution in [0.15, 0.2) is 16.6 Å². The summed E-state index contributed by atoms with van der Waals surface area (Å²) in [5.41, 5.74) is 6.18. The van der Waals surface area contributed by atoms with E-state index in [1.165, 1.54) is 0 Å². The number of amides is 1. The Balaban J connectivity index is 2.65. The predicted molar refractivity (Wildman–Crippen MR) is 92.8 cm³/mol. The van der Waals surface area contributed by atoms with Gasteiger partial charge in [-0.1, -0.05) is 0 Å². The number of halogens is 1. The second-order valence-electron chi connectivity index (χ2n) is 4.82. The molecule has 1 aromatic carbocycles. The highest BCUT2D eigenvalue weighted by molar-refractivity contribution is 9.10. The molecule has 0 aromatic heterocycles. The average molecular weight is 389 g/mol. The standard InChI is InChI=1S/C16H25BrN2O4/c1-3-21-7-5-6-19-10-12-8-13(17)16(23-11-15(18)20)14(9-12)22-4-2/h8-9,19H,3-7,10-11H2,1-2H3,(H2,18,20). The Morgan fingerprint density at radius 1 is 1.26 bits per heavy atom. The minimum absolute atomic E-state index is 0.187. The number of rotatable bonds is 12. The van der Waals surface area contributed by atoms with E-state index >= 15 is 0 Å². The van der Waals surface area contributed by atoms with Gasteiger partial charge in [-0.3, -0.25) is 4.79 Å². The first kappa shape index (κ1) is 19.7. The number of nitrogens with two attached hydrogens (primary N) is 1. The first-order chi connectivity index (χ1) is 11.1. The van der Waals surface area contributed by atoms with E-state index in [0.717, 1.165) is 36.2 Å². The van der Waals surface area contributed by atoms with Gasteiger partial charge in [0.25, 0.3) is 5.91 Å². The Morgan fingerprint density at radius 3 is 2.70 bits per heavy atom. The van der Waals surface area contributed by atoms with Gasteiger partial charge in [0, 0.05) is 19.8 Å². The third-order valence-corrected chi connectivity index (χ3v) is 3.49. The summed E-state index contributed by atoms with van der Waals surface area (Å²) >= 11 is 3.46. The monoisotopic (exact) mass is 388 g/mol. The molecule has 0 unspecified atom stereocenters. The van der Waals surface area contributed by atoms with Crippen molar-refractivity contribution in [2.24, 2.45) is 5.73 Å². The summed E-state index contributed by atoms with van der Waals surface area (Å²) < 4.78 is 17.0. The maximum Gasteiger partial charge on any atom is 0.255 e. The molecule has 0 saturated carbocycles. The third kappa shape index (κ3) is 7.67. The van der Waals surface area contributed by atoms with Crippen LogP contribution in [0.5, 0.6) is 11.5 Å². The van der Waals surface area contributed by atoms with Gasteiger partial charge in [-0.2, -0.15) is 0 Å². The summed E-state index contributed by atoms with van der Waals surface area (Å²) in [4.78, 5) is 10.9. The zero-order valence-corrected chi connectivity index (χ0v) is 15.3. The molecule has 0 aliphatic heterocycles. The number of carbonyl (C=O) groups excluding carboxylic acids is 1. The van der Waals surface area contributed by atoms with E-state index in [1.807, 2.05) is 26.0 Å². The van der Waals surface area contributed by atoms with Crippen LogP contribution in [-0.2, 0) is 16.1 Å². The van der Waals surface area contributed by atoms with Gasteiger partial charge in [-0.05, 0) is 60.4 Å². The van der Waals surface area contributed by atoms with Gasteiger partial charge in [0.1, 0.15) is 0 Å². The average Bonchev–Trinajstić information content (AvgIpc) is 2.50. The van der Waals surface area contributed by atoms with Crippen molar-refractivity contribution < 1.29 is 19.0 Å². The Bertz CT molecular complexity index is 497. The van der Waals surface area contributed by atoms with Crippen molar-refractivity contribution in [3.05, 3.63) is 22.2 Å². The van der Waals surface area contributed by atoms with E-state index in [4.69, 9.17) is 19.9 Å². The highest BCUT2D eigenvalue weighted by Gasteiger charge is 2.13. The van der Waals surface area contributed by atoms with Crippen molar-refractivity contribution >= 4 is 21.8 Å². The number of benzene rings is 1. The molecule has 1 rings (SSSR count). The molecule has 6 nitrogen and oxygen atoms in total. The number of hydrogen-bond acceptors (Lipinski definition) is 5. The molecule has 0 fully saturated rings. The van der Waals surface area contributed by atoms with Crippen LogP contribution in [0.3, 0.4) is 0 Å². The molecule has 3 N–H and O–H groups in total. The van der Waals surface area contributed by atoms with Crippen LogP contribution in [0.1, 0.15) is 25.8 Å². The molecular formula is C16H25BrN2O4. The van der Waals surface area contributed by atoms with Crippen LogP contribution in [0.4, 0.5) is 0 Å². The maximum atomic E-state index is 10.9. The number of carbonyl (C=O) groups is 1. The molecule has 0 heterocycles. The highest BCUT2D eigenvalue weighted by atomic mass is 79.9. The fraction of sp³-hybridized carbons (Fsp3) is 0.562. The largest absolute Gasteiger partial charge is 0.490 e. The van der Waals surface area contributed by atoms with E-state index in [9.17, 15) is 4.79 Å². The topological polar surface area (TPSA) is 82.8 Å². The van der Waals surface area contributed by atoms with Gasteiger partial charge in [-0.15, -0.1) is 0 Å². The van der Waals surface area contributed by atoms with Crippen molar-refractivity contribution in [2.75, 3.05) is 33.0 Å². The molecular weight excluding hydrogens is 364 g/mol. The predicted octanol–water partition coefficient (Wildman–Crippen LogP) is 2.23. The summed E-state index contributed by atoms with van der Waals surface area (Å²) in [7, 11) is 0. The fourth-order valence-corrected chi connectivity index (χ4v) is 2.55. The molecule has 0 saturated heterocycles. The smallest absolute Gasteiger partial charge is 0.255 e. The van der Waals surface area contributed by atoms with Crippen LogP contribution in [0.2, 0.25) is 0 Å². The van der Waals surface area contributed by atoms with Gasteiger partial charge in [-0.25, -0.2) is 0 Å². The van der Waals surface area contributed by atoms with E-state index in [1.54, 1.807) is 0 Å². The first-order valence-corrected chi connectivity index (χ1v) is 8.52. The number of ether oxygens (including phenoxy) is 3. The lowest BCUT2D eigenvalue weighted by molar-refractivity contribution is -0.119. The minimum atomic E-state index is -0.528. The van der Waals surface area contributed by atoms with Crippen LogP contribution in [0, 0.1) is 0 Å². The van der Waals surface area contributed by atoms with Crippen LogP contribution in [-0.4, -0.2) is 38.9 Å². The lowest BCUT2D eigenvalue weighted by Crippen LogP contribution is -2.20.